The van der Waals surface area contributed by atoms with Gasteiger partial charge in [0.15, 0.2) is 0 Å². The lowest BCUT2D eigenvalue weighted by Gasteiger charge is -1.97. The van der Waals surface area contributed by atoms with Gasteiger partial charge in [-0.15, -0.1) is 34.3 Å². The van der Waals surface area contributed by atoms with Crippen LogP contribution in [-0.2, 0) is 12.3 Å². The molecule has 0 amide bonds. The molecule has 0 saturated heterocycles. The smallest absolute Gasteiger partial charge is 0.260 e. The maximum Gasteiger partial charge on any atom is 0.260 e. The van der Waals surface area contributed by atoms with Gasteiger partial charge in [-0.1, -0.05) is 6.92 Å². The molecule has 0 aliphatic heterocycles. The highest BCUT2D eigenvalue weighted by molar-refractivity contribution is 7.19. The monoisotopic (exact) mass is 310 g/mol. The van der Waals surface area contributed by atoms with Gasteiger partial charge in [0, 0.05) is 20.7 Å². The summed E-state index contributed by atoms with van der Waals surface area (Å²) in [6.45, 7) is 2.13. The van der Waals surface area contributed by atoms with Crippen LogP contribution in [0.25, 0.3) is 20.7 Å². The number of hydrogen-bond donors (Lipinski definition) is 1. The summed E-state index contributed by atoms with van der Waals surface area (Å²) in [5, 5.41) is 2.67. The number of nitrogens with zero attached hydrogens (tertiary/aromatic N) is 1. The lowest BCUT2D eigenvalue weighted by atomic mass is 10.2. The highest BCUT2D eigenvalue weighted by Gasteiger charge is 2.14. The van der Waals surface area contributed by atoms with E-state index in [4.69, 9.17) is 11.6 Å². The van der Waals surface area contributed by atoms with Crippen molar-refractivity contribution in [3.8, 4) is 10.4 Å². The minimum Gasteiger partial charge on any atom is -0.309 e. The molecule has 0 radical (unpaired) electrons. The molecule has 0 saturated carbocycles. The molecule has 0 unspecified atom stereocenters. The Morgan fingerprint density at radius 2 is 2.26 bits per heavy atom. The molecule has 0 fully saturated rings. The number of H-pyrrole nitrogens is 1. The maximum absolute atomic E-state index is 12.1. The molecule has 3 aromatic heterocycles. The van der Waals surface area contributed by atoms with E-state index in [2.05, 4.69) is 29.0 Å². The van der Waals surface area contributed by atoms with Gasteiger partial charge in [-0.3, -0.25) is 4.79 Å². The fraction of sp³-hybridized carbons (Fsp3) is 0.231. The zero-order chi connectivity index (χ0) is 13.4. The summed E-state index contributed by atoms with van der Waals surface area (Å²) in [5.41, 5.74) is 0.864. The van der Waals surface area contributed by atoms with Gasteiger partial charge in [-0.25, -0.2) is 4.98 Å². The number of alkyl halides is 1. The van der Waals surface area contributed by atoms with Crippen molar-refractivity contribution in [2.75, 3.05) is 0 Å². The van der Waals surface area contributed by atoms with Gasteiger partial charge >= 0.3 is 0 Å². The highest BCUT2D eigenvalue weighted by atomic mass is 35.5. The SMILES string of the molecule is CCc1ccc(-c2csc3nc(CCl)[nH]c(=O)c23)s1. The maximum atomic E-state index is 12.1. The van der Waals surface area contributed by atoms with Gasteiger partial charge in [-0.2, -0.15) is 0 Å². The van der Waals surface area contributed by atoms with Crippen molar-refractivity contribution in [3.05, 3.63) is 38.6 Å². The summed E-state index contributed by atoms with van der Waals surface area (Å²) in [5.74, 6) is 0.741. The van der Waals surface area contributed by atoms with E-state index in [-0.39, 0.29) is 11.4 Å². The fourth-order valence-corrected chi connectivity index (χ4v) is 4.08. The third kappa shape index (κ3) is 2.22. The van der Waals surface area contributed by atoms with Crippen LogP contribution in [0.4, 0.5) is 0 Å². The number of thiophene rings is 2. The number of rotatable bonds is 3. The van der Waals surface area contributed by atoms with E-state index in [0.29, 0.717) is 11.2 Å². The second-order valence-electron chi connectivity index (χ2n) is 4.10. The number of aromatic nitrogens is 2. The van der Waals surface area contributed by atoms with Crippen molar-refractivity contribution in [1.29, 1.82) is 0 Å². The van der Waals surface area contributed by atoms with Crippen LogP contribution in [0.15, 0.2) is 22.3 Å². The number of nitrogens with one attached hydrogen (secondary N) is 1. The topological polar surface area (TPSA) is 45.8 Å². The Balaban J connectivity index is 2.22. The van der Waals surface area contributed by atoms with E-state index < -0.39 is 0 Å². The van der Waals surface area contributed by atoms with E-state index in [1.165, 1.54) is 16.2 Å². The molecule has 3 rings (SSSR count). The predicted molar refractivity (Wildman–Crippen MR) is 82.5 cm³/mol. The average molecular weight is 311 g/mol. The average Bonchev–Trinajstić information content (AvgIpc) is 3.04. The Morgan fingerprint density at radius 1 is 1.42 bits per heavy atom. The van der Waals surface area contributed by atoms with Crippen molar-refractivity contribution in [2.24, 2.45) is 0 Å². The molecule has 19 heavy (non-hydrogen) atoms. The van der Waals surface area contributed by atoms with Crippen molar-refractivity contribution < 1.29 is 0 Å². The van der Waals surface area contributed by atoms with Crippen molar-refractivity contribution in [1.82, 2.24) is 9.97 Å². The Kier molecular flexibility index (Phi) is 3.43. The molecule has 0 aliphatic rings. The Hall–Kier alpha value is -1.17. The molecule has 1 N–H and O–H groups in total. The van der Waals surface area contributed by atoms with Gasteiger partial charge in [0.1, 0.15) is 10.7 Å². The van der Waals surface area contributed by atoms with E-state index in [0.717, 1.165) is 21.7 Å². The number of aromatic amines is 1. The molecule has 98 valence electrons. The predicted octanol–water partition coefficient (Wildman–Crippen LogP) is 4.01. The number of fused-ring (bicyclic) bond motifs is 1. The molecule has 3 nitrogen and oxygen atoms in total. The molecular formula is C13H11ClN2OS2. The fourth-order valence-electron chi connectivity index (χ4n) is 1.95. The van der Waals surface area contributed by atoms with Gasteiger partial charge < -0.3 is 4.98 Å². The van der Waals surface area contributed by atoms with Gasteiger partial charge in [0.2, 0.25) is 0 Å². The summed E-state index contributed by atoms with van der Waals surface area (Å²) >= 11 is 8.93. The van der Waals surface area contributed by atoms with Crippen molar-refractivity contribution >= 4 is 44.5 Å². The van der Waals surface area contributed by atoms with Crippen LogP contribution in [0.5, 0.6) is 0 Å². The van der Waals surface area contributed by atoms with Gasteiger partial charge in [-0.05, 0) is 18.6 Å². The van der Waals surface area contributed by atoms with Crippen LogP contribution < -0.4 is 5.56 Å². The van der Waals surface area contributed by atoms with Crippen molar-refractivity contribution in [3.63, 3.8) is 0 Å². The zero-order valence-electron chi connectivity index (χ0n) is 10.2. The molecule has 0 aliphatic carbocycles. The number of aryl methyl sites for hydroxylation is 1. The first-order chi connectivity index (χ1) is 9.22. The lowest BCUT2D eigenvalue weighted by molar-refractivity contribution is 1.04. The Morgan fingerprint density at radius 3 is 2.95 bits per heavy atom. The molecule has 0 bridgehead atoms. The van der Waals surface area contributed by atoms with Crippen LogP contribution >= 0.6 is 34.3 Å². The first kappa shape index (κ1) is 12.8. The zero-order valence-corrected chi connectivity index (χ0v) is 12.6. The van der Waals surface area contributed by atoms with Crippen molar-refractivity contribution in [2.45, 2.75) is 19.2 Å². The molecule has 0 aromatic carbocycles. The molecule has 3 aromatic rings. The second-order valence-corrected chi connectivity index (χ2v) is 6.39. The van der Waals surface area contributed by atoms with E-state index in [1.807, 2.05) is 5.38 Å². The van der Waals surface area contributed by atoms with Crippen LogP contribution in [0.2, 0.25) is 0 Å². The molecule has 0 spiro atoms. The summed E-state index contributed by atoms with van der Waals surface area (Å²) in [6, 6.07) is 4.18. The third-order valence-electron chi connectivity index (χ3n) is 2.90. The molecule has 0 atom stereocenters. The first-order valence-corrected chi connectivity index (χ1v) is 8.11. The largest absolute Gasteiger partial charge is 0.309 e. The lowest BCUT2D eigenvalue weighted by Crippen LogP contribution is -2.10. The summed E-state index contributed by atoms with van der Waals surface area (Å²) in [7, 11) is 0. The van der Waals surface area contributed by atoms with E-state index >= 15 is 0 Å². The quantitative estimate of drug-likeness (QED) is 0.743. The van der Waals surface area contributed by atoms with Crippen LogP contribution in [0, 0.1) is 0 Å². The normalized spacial score (nSPS) is 11.3. The highest BCUT2D eigenvalue weighted by Crippen LogP contribution is 2.35. The standard InChI is InChI=1S/C13H11ClN2OS2/c1-2-7-3-4-9(19-7)8-6-18-13-11(8)12(17)15-10(5-14)16-13/h3-4,6H,2,5H2,1H3,(H,15,16,17). The summed E-state index contributed by atoms with van der Waals surface area (Å²) in [6.07, 6.45) is 1.01. The van der Waals surface area contributed by atoms with Crippen LogP contribution in [-0.4, -0.2) is 9.97 Å². The van der Waals surface area contributed by atoms with Crippen LogP contribution in [0.1, 0.15) is 17.6 Å². The third-order valence-corrected chi connectivity index (χ3v) is 5.28. The molecule has 3 heterocycles. The summed E-state index contributed by atoms with van der Waals surface area (Å²) in [4.78, 5) is 22.4. The summed E-state index contributed by atoms with van der Waals surface area (Å²) < 4.78 is 0. The Bertz CT molecular complexity index is 787. The minimum atomic E-state index is -0.108. The van der Waals surface area contributed by atoms with Gasteiger partial charge in [0.05, 0.1) is 11.3 Å². The Labute approximate surface area is 122 Å². The minimum absolute atomic E-state index is 0.108. The molecular weight excluding hydrogens is 300 g/mol. The number of halogens is 1. The van der Waals surface area contributed by atoms with Gasteiger partial charge in [0.25, 0.3) is 5.56 Å². The van der Waals surface area contributed by atoms with E-state index in [9.17, 15) is 4.79 Å². The molecule has 6 heteroatoms. The number of hydrogen-bond acceptors (Lipinski definition) is 4. The second kappa shape index (κ2) is 5.07. The van der Waals surface area contributed by atoms with Crippen LogP contribution in [0.3, 0.4) is 0 Å². The van der Waals surface area contributed by atoms with E-state index in [1.54, 1.807) is 11.3 Å². The first-order valence-electron chi connectivity index (χ1n) is 5.88.